The Labute approximate surface area is 168 Å². The molecule has 0 aliphatic carbocycles. The second kappa shape index (κ2) is 6.88. The molecule has 2 aromatic carbocycles. The van der Waals surface area contributed by atoms with Gasteiger partial charge in [-0.15, -0.1) is 0 Å². The number of nitriles is 1. The van der Waals surface area contributed by atoms with Crippen LogP contribution in [-0.2, 0) is 0 Å². The van der Waals surface area contributed by atoms with Crippen molar-refractivity contribution in [2.24, 2.45) is 0 Å². The van der Waals surface area contributed by atoms with Crippen molar-refractivity contribution in [1.29, 1.82) is 5.26 Å². The molecule has 0 saturated carbocycles. The van der Waals surface area contributed by atoms with Crippen LogP contribution in [0.4, 0.5) is 5.82 Å². The monoisotopic (exact) mass is 406 g/mol. The maximum Gasteiger partial charge on any atom is 0.284 e. The standard InChI is InChI=1S/C19H11ClN6OS/c20-11-6-8-13(9-7-11)26-18(27)15-16(14(10-21)24-26)23-19(28)25(17(15)22)12-4-2-1-3-5-12/h1-9H,22H2. The SMILES string of the molecule is N#Cc1nn(-c2ccc(Cl)cc2)c(=O)c2c(N)n(-c3ccccc3)c(=S)nc12. The molecule has 4 rings (SSSR count). The number of nitrogen functional groups attached to an aromatic ring is 1. The van der Waals surface area contributed by atoms with Crippen molar-refractivity contribution in [3.05, 3.63) is 80.4 Å². The minimum absolute atomic E-state index is 0.0532. The molecule has 2 heterocycles. The second-order valence-corrected chi connectivity index (χ2v) is 6.63. The van der Waals surface area contributed by atoms with Crippen LogP contribution in [0.2, 0.25) is 5.02 Å². The Morgan fingerprint density at radius 3 is 2.39 bits per heavy atom. The van der Waals surface area contributed by atoms with E-state index in [1.165, 1.54) is 4.57 Å². The van der Waals surface area contributed by atoms with Gasteiger partial charge in [-0.05, 0) is 48.6 Å². The number of para-hydroxylation sites is 1. The Hall–Kier alpha value is -3.54. The number of aromatic nitrogens is 4. The molecule has 0 atom stereocenters. The smallest absolute Gasteiger partial charge is 0.284 e. The average molecular weight is 407 g/mol. The van der Waals surface area contributed by atoms with E-state index in [1.54, 1.807) is 36.4 Å². The highest BCUT2D eigenvalue weighted by atomic mass is 35.5. The molecule has 0 spiro atoms. The van der Waals surface area contributed by atoms with Gasteiger partial charge in [0.2, 0.25) is 4.77 Å². The van der Waals surface area contributed by atoms with E-state index in [0.29, 0.717) is 16.4 Å². The summed E-state index contributed by atoms with van der Waals surface area (Å²) in [4.78, 5) is 17.5. The Morgan fingerprint density at radius 2 is 1.75 bits per heavy atom. The van der Waals surface area contributed by atoms with E-state index in [4.69, 9.17) is 29.6 Å². The number of hydrogen-bond donors (Lipinski definition) is 1. The van der Waals surface area contributed by atoms with Crippen LogP contribution in [0, 0.1) is 16.1 Å². The molecular formula is C19H11ClN6OS. The highest BCUT2D eigenvalue weighted by Crippen LogP contribution is 2.23. The first kappa shape index (κ1) is 17.9. The van der Waals surface area contributed by atoms with Gasteiger partial charge in [0, 0.05) is 10.7 Å². The van der Waals surface area contributed by atoms with Crippen LogP contribution in [0.15, 0.2) is 59.4 Å². The molecule has 0 saturated heterocycles. The van der Waals surface area contributed by atoms with E-state index in [0.717, 1.165) is 4.68 Å². The third-order valence-corrected chi connectivity index (χ3v) is 4.68. The number of benzene rings is 2. The Bertz CT molecular complexity index is 1370. The molecule has 7 nitrogen and oxygen atoms in total. The third kappa shape index (κ3) is 2.83. The lowest BCUT2D eigenvalue weighted by atomic mass is 10.2. The van der Waals surface area contributed by atoms with E-state index in [-0.39, 0.29) is 27.2 Å². The summed E-state index contributed by atoms with van der Waals surface area (Å²) in [6.45, 7) is 0. The first-order valence-corrected chi connectivity index (χ1v) is 8.87. The number of fused-ring (bicyclic) bond motifs is 1. The van der Waals surface area contributed by atoms with Crippen molar-refractivity contribution in [3.8, 4) is 17.4 Å². The molecule has 9 heteroatoms. The predicted molar refractivity (Wildman–Crippen MR) is 109 cm³/mol. The fourth-order valence-electron chi connectivity index (χ4n) is 2.88. The molecule has 4 aromatic rings. The van der Waals surface area contributed by atoms with E-state index < -0.39 is 5.56 Å². The largest absolute Gasteiger partial charge is 0.384 e. The molecule has 0 radical (unpaired) electrons. The van der Waals surface area contributed by atoms with Gasteiger partial charge in [0.1, 0.15) is 22.8 Å². The number of rotatable bonds is 2. The van der Waals surface area contributed by atoms with Crippen molar-refractivity contribution < 1.29 is 0 Å². The lowest BCUT2D eigenvalue weighted by molar-refractivity contribution is 0.807. The number of nitrogens with zero attached hydrogens (tertiary/aromatic N) is 5. The summed E-state index contributed by atoms with van der Waals surface area (Å²) in [6.07, 6.45) is 0. The zero-order chi connectivity index (χ0) is 19.8. The zero-order valence-corrected chi connectivity index (χ0v) is 15.8. The van der Waals surface area contributed by atoms with Crippen LogP contribution in [0.25, 0.3) is 22.3 Å². The van der Waals surface area contributed by atoms with Gasteiger partial charge < -0.3 is 5.73 Å². The van der Waals surface area contributed by atoms with Crippen LogP contribution in [0.1, 0.15) is 5.69 Å². The Morgan fingerprint density at radius 1 is 1.07 bits per heavy atom. The topological polar surface area (TPSA) is 103 Å². The first-order valence-electron chi connectivity index (χ1n) is 8.08. The van der Waals surface area contributed by atoms with E-state index in [2.05, 4.69) is 10.1 Å². The zero-order valence-electron chi connectivity index (χ0n) is 14.2. The highest BCUT2D eigenvalue weighted by molar-refractivity contribution is 7.71. The van der Waals surface area contributed by atoms with Crippen LogP contribution in [0.3, 0.4) is 0 Å². The van der Waals surface area contributed by atoms with Crippen molar-refractivity contribution in [1.82, 2.24) is 19.3 Å². The molecule has 28 heavy (non-hydrogen) atoms. The summed E-state index contributed by atoms with van der Waals surface area (Å²) in [5.74, 6) is 0.0906. The molecule has 2 aromatic heterocycles. The molecule has 2 N–H and O–H groups in total. The van der Waals surface area contributed by atoms with Crippen molar-refractivity contribution in [2.45, 2.75) is 0 Å². The number of anilines is 1. The molecule has 136 valence electrons. The minimum atomic E-state index is -0.513. The van der Waals surface area contributed by atoms with Gasteiger partial charge in [0.05, 0.1) is 5.69 Å². The van der Waals surface area contributed by atoms with Crippen LogP contribution >= 0.6 is 23.8 Å². The Kier molecular flexibility index (Phi) is 4.39. The number of halogens is 1. The van der Waals surface area contributed by atoms with Gasteiger partial charge in [-0.2, -0.15) is 15.0 Å². The molecule has 0 bridgehead atoms. The highest BCUT2D eigenvalue weighted by Gasteiger charge is 2.19. The van der Waals surface area contributed by atoms with E-state index >= 15 is 0 Å². The van der Waals surface area contributed by atoms with Gasteiger partial charge in [0.15, 0.2) is 5.69 Å². The van der Waals surface area contributed by atoms with Gasteiger partial charge in [-0.3, -0.25) is 9.36 Å². The van der Waals surface area contributed by atoms with Crippen LogP contribution in [-0.4, -0.2) is 19.3 Å². The summed E-state index contributed by atoms with van der Waals surface area (Å²) >= 11 is 11.3. The maximum absolute atomic E-state index is 13.2. The molecule has 0 amide bonds. The Balaban J connectivity index is 2.14. The maximum atomic E-state index is 13.2. The molecule has 0 aliphatic rings. The average Bonchev–Trinajstić information content (AvgIpc) is 2.70. The first-order chi connectivity index (χ1) is 13.5. The third-order valence-electron chi connectivity index (χ3n) is 4.15. The molecule has 0 unspecified atom stereocenters. The van der Waals surface area contributed by atoms with Crippen LogP contribution < -0.4 is 11.3 Å². The van der Waals surface area contributed by atoms with Crippen molar-refractivity contribution in [2.75, 3.05) is 5.73 Å². The summed E-state index contributed by atoms with van der Waals surface area (Å²) < 4.78 is 2.72. The van der Waals surface area contributed by atoms with Gasteiger partial charge >= 0.3 is 0 Å². The summed E-state index contributed by atoms with van der Waals surface area (Å²) in [6, 6.07) is 17.5. The fraction of sp³-hybridized carbons (Fsp3) is 0. The summed E-state index contributed by atoms with van der Waals surface area (Å²) in [5, 5.41) is 14.2. The van der Waals surface area contributed by atoms with Crippen LogP contribution in [0.5, 0.6) is 0 Å². The predicted octanol–water partition coefficient (Wildman–Crippen LogP) is 3.41. The summed E-state index contributed by atoms with van der Waals surface area (Å²) in [5.41, 5.74) is 6.95. The fourth-order valence-corrected chi connectivity index (χ4v) is 3.30. The molecular weight excluding hydrogens is 396 g/mol. The van der Waals surface area contributed by atoms with Gasteiger partial charge in [-0.1, -0.05) is 29.8 Å². The number of nitrogens with two attached hydrogens (primary N) is 1. The second-order valence-electron chi connectivity index (χ2n) is 5.83. The van der Waals surface area contributed by atoms with Gasteiger partial charge in [-0.25, -0.2) is 4.98 Å². The van der Waals surface area contributed by atoms with E-state index in [9.17, 15) is 10.1 Å². The van der Waals surface area contributed by atoms with Gasteiger partial charge in [0.25, 0.3) is 5.56 Å². The normalized spacial score (nSPS) is 10.7. The molecule has 0 fully saturated rings. The lowest BCUT2D eigenvalue weighted by Crippen LogP contribution is -2.25. The molecule has 0 aliphatic heterocycles. The summed E-state index contributed by atoms with van der Waals surface area (Å²) in [7, 11) is 0. The quantitative estimate of drug-likeness (QED) is 0.512. The number of hydrogen-bond acceptors (Lipinski definition) is 6. The van der Waals surface area contributed by atoms with Crippen molar-refractivity contribution in [3.63, 3.8) is 0 Å². The van der Waals surface area contributed by atoms with Crippen molar-refractivity contribution >= 4 is 40.5 Å². The lowest BCUT2D eigenvalue weighted by Gasteiger charge is -2.14. The minimum Gasteiger partial charge on any atom is -0.384 e. The van der Waals surface area contributed by atoms with E-state index in [1.807, 2.05) is 24.3 Å².